The Balaban J connectivity index is 1.75. The standard InChI is InChI=1S/C33H36N4O5/c1-4-6-7-10-23-35(31(38)22-15-25-13-16-27(17-14-25)37(40)41)24(3)32-34-30-12-9-8-11-29(30)33(39)36(32)26-18-20-28(21-19-26)42-5-2/h8-9,11-22,24H,4-7,10,23H2,1-3H3. The molecular weight excluding hydrogens is 532 g/mol. The number of hydrogen-bond donors (Lipinski definition) is 0. The lowest BCUT2D eigenvalue weighted by atomic mass is 10.1. The SMILES string of the molecule is CCCCCCN(C(=O)C=Cc1ccc([N+](=O)[O-])cc1)C(C)c1nc2ccccc2c(=O)n1-c1ccc(OCC)cc1. The van der Waals surface area contributed by atoms with E-state index in [9.17, 15) is 19.7 Å². The van der Waals surface area contributed by atoms with Crippen LogP contribution in [0.1, 0.15) is 63.9 Å². The number of non-ortho nitro benzene ring substituents is 1. The first kappa shape index (κ1) is 30.2. The minimum absolute atomic E-state index is 0.0145. The molecule has 3 aromatic carbocycles. The van der Waals surface area contributed by atoms with Gasteiger partial charge in [-0.3, -0.25) is 24.3 Å². The Morgan fingerprint density at radius 3 is 2.40 bits per heavy atom. The van der Waals surface area contributed by atoms with E-state index in [0.29, 0.717) is 46.9 Å². The lowest BCUT2D eigenvalue weighted by Crippen LogP contribution is -2.37. The van der Waals surface area contributed by atoms with Gasteiger partial charge < -0.3 is 9.64 Å². The monoisotopic (exact) mass is 568 g/mol. The van der Waals surface area contributed by atoms with E-state index in [0.717, 1.165) is 25.7 Å². The number of amides is 1. The van der Waals surface area contributed by atoms with E-state index in [-0.39, 0.29) is 17.2 Å². The summed E-state index contributed by atoms with van der Waals surface area (Å²) in [4.78, 5) is 44.7. The summed E-state index contributed by atoms with van der Waals surface area (Å²) in [5.74, 6) is 0.912. The van der Waals surface area contributed by atoms with Gasteiger partial charge in [-0.05, 0) is 80.4 Å². The molecular formula is C33H36N4O5. The largest absolute Gasteiger partial charge is 0.494 e. The van der Waals surface area contributed by atoms with Gasteiger partial charge in [0.05, 0.1) is 34.2 Å². The minimum atomic E-state index is -0.537. The maximum atomic E-state index is 13.9. The van der Waals surface area contributed by atoms with Crippen LogP contribution in [0.25, 0.3) is 22.7 Å². The van der Waals surface area contributed by atoms with Crippen molar-refractivity contribution >= 4 is 28.6 Å². The summed E-state index contributed by atoms with van der Waals surface area (Å²) in [6.45, 7) is 6.94. The van der Waals surface area contributed by atoms with Gasteiger partial charge in [0.1, 0.15) is 11.6 Å². The molecule has 0 N–H and O–H groups in total. The summed E-state index contributed by atoms with van der Waals surface area (Å²) in [6.07, 6.45) is 7.00. The number of rotatable bonds is 13. The predicted octanol–water partition coefficient (Wildman–Crippen LogP) is 6.88. The van der Waals surface area contributed by atoms with Crippen molar-refractivity contribution in [2.45, 2.75) is 52.5 Å². The lowest BCUT2D eigenvalue weighted by Gasteiger charge is -2.30. The molecule has 0 saturated carbocycles. The van der Waals surface area contributed by atoms with Gasteiger partial charge >= 0.3 is 0 Å². The quantitative estimate of drug-likeness (QED) is 0.0753. The highest BCUT2D eigenvalue weighted by molar-refractivity contribution is 5.92. The van der Waals surface area contributed by atoms with Gasteiger partial charge in [0.2, 0.25) is 5.91 Å². The van der Waals surface area contributed by atoms with E-state index in [4.69, 9.17) is 9.72 Å². The van der Waals surface area contributed by atoms with E-state index in [1.54, 1.807) is 39.8 Å². The molecule has 0 bridgehead atoms. The van der Waals surface area contributed by atoms with Gasteiger partial charge in [-0.1, -0.05) is 38.3 Å². The number of nitro groups is 1. The number of ether oxygens (including phenoxy) is 1. The average Bonchev–Trinajstić information content (AvgIpc) is 3.00. The smallest absolute Gasteiger partial charge is 0.269 e. The summed E-state index contributed by atoms with van der Waals surface area (Å²) in [6, 6.07) is 20.0. The van der Waals surface area contributed by atoms with Crippen LogP contribution in [0.5, 0.6) is 5.75 Å². The van der Waals surface area contributed by atoms with Crippen LogP contribution in [0.15, 0.2) is 83.7 Å². The number of fused-ring (bicyclic) bond motifs is 1. The number of aromatic nitrogens is 2. The molecule has 9 nitrogen and oxygen atoms in total. The topological polar surface area (TPSA) is 108 Å². The van der Waals surface area contributed by atoms with Gasteiger partial charge in [0.15, 0.2) is 0 Å². The molecule has 1 aromatic heterocycles. The van der Waals surface area contributed by atoms with Crippen molar-refractivity contribution in [3.63, 3.8) is 0 Å². The normalized spacial score (nSPS) is 12.0. The molecule has 4 rings (SSSR count). The van der Waals surface area contributed by atoms with Crippen LogP contribution in [0.4, 0.5) is 5.69 Å². The number of hydrogen-bond acceptors (Lipinski definition) is 6. The van der Waals surface area contributed by atoms with Gasteiger partial charge in [-0.15, -0.1) is 0 Å². The highest BCUT2D eigenvalue weighted by atomic mass is 16.6. The number of nitro benzene ring substituents is 1. The maximum absolute atomic E-state index is 13.9. The molecule has 1 heterocycles. The van der Waals surface area contributed by atoms with Gasteiger partial charge in [0, 0.05) is 24.8 Å². The highest BCUT2D eigenvalue weighted by Gasteiger charge is 2.26. The zero-order valence-electron chi connectivity index (χ0n) is 24.2. The third-order valence-corrected chi connectivity index (χ3v) is 7.11. The van der Waals surface area contributed by atoms with Crippen LogP contribution in [0.2, 0.25) is 0 Å². The van der Waals surface area contributed by atoms with Crippen molar-refractivity contribution < 1.29 is 14.5 Å². The van der Waals surface area contributed by atoms with Crippen LogP contribution in [0.3, 0.4) is 0 Å². The zero-order chi connectivity index (χ0) is 30.1. The Labute approximate surface area is 245 Å². The van der Waals surface area contributed by atoms with Crippen LogP contribution < -0.4 is 10.3 Å². The Morgan fingerprint density at radius 1 is 1.02 bits per heavy atom. The van der Waals surface area contributed by atoms with Gasteiger partial charge in [0.25, 0.3) is 11.2 Å². The highest BCUT2D eigenvalue weighted by Crippen LogP contribution is 2.25. The number of unbranched alkanes of at least 4 members (excludes halogenated alkanes) is 3. The predicted molar refractivity (Wildman–Crippen MR) is 165 cm³/mol. The van der Waals surface area contributed by atoms with E-state index < -0.39 is 11.0 Å². The Bertz CT molecular complexity index is 1610. The molecule has 1 amide bonds. The van der Waals surface area contributed by atoms with Crippen molar-refractivity contribution in [1.82, 2.24) is 14.5 Å². The molecule has 0 saturated heterocycles. The first-order valence-corrected chi connectivity index (χ1v) is 14.3. The zero-order valence-corrected chi connectivity index (χ0v) is 24.2. The summed E-state index contributed by atoms with van der Waals surface area (Å²) >= 11 is 0. The average molecular weight is 569 g/mol. The van der Waals surface area contributed by atoms with E-state index >= 15 is 0 Å². The maximum Gasteiger partial charge on any atom is 0.269 e. The molecule has 0 aliphatic rings. The van der Waals surface area contributed by atoms with Crippen LogP contribution >= 0.6 is 0 Å². The molecule has 0 aliphatic heterocycles. The van der Waals surface area contributed by atoms with Crippen LogP contribution in [0, 0.1) is 10.1 Å². The van der Waals surface area contributed by atoms with E-state index in [2.05, 4.69) is 6.92 Å². The second-order valence-electron chi connectivity index (χ2n) is 10.0. The van der Waals surface area contributed by atoms with Crippen molar-refractivity contribution in [3.05, 3.63) is 111 Å². The second kappa shape index (κ2) is 14.2. The fourth-order valence-electron chi connectivity index (χ4n) is 4.85. The van der Waals surface area contributed by atoms with Crippen LogP contribution in [-0.2, 0) is 4.79 Å². The third-order valence-electron chi connectivity index (χ3n) is 7.11. The van der Waals surface area contributed by atoms with Crippen molar-refractivity contribution in [2.24, 2.45) is 0 Å². The molecule has 0 aliphatic carbocycles. The van der Waals surface area contributed by atoms with Crippen molar-refractivity contribution in [3.8, 4) is 11.4 Å². The van der Waals surface area contributed by atoms with Crippen LogP contribution in [-0.4, -0.2) is 38.4 Å². The third kappa shape index (κ3) is 7.09. The molecule has 1 unspecified atom stereocenters. The molecule has 0 spiro atoms. The second-order valence-corrected chi connectivity index (χ2v) is 10.0. The molecule has 218 valence electrons. The summed E-state index contributed by atoms with van der Waals surface area (Å²) in [5, 5.41) is 11.5. The van der Waals surface area contributed by atoms with Crippen molar-refractivity contribution in [2.75, 3.05) is 13.2 Å². The van der Waals surface area contributed by atoms with Crippen molar-refractivity contribution in [1.29, 1.82) is 0 Å². The van der Waals surface area contributed by atoms with E-state index in [1.165, 1.54) is 18.2 Å². The summed E-state index contributed by atoms with van der Waals surface area (Å²) in [5.41, 5.74) is 1.63. The molecule has 0 fully saturated rings. The van der Waals surface area contributed by atoms with Gasteiger partial charge in [-0.25, -0.2) is 4.98 Å². The Hall–Kier alpha value is -4.79. The number of para-hydroxylation sites is 1. The Kier molecular flexibility index (Phi) is 10.2. The fourth-order valence-corrected chi connectivity index (χ4v) is 4.85. The summed E-state index contributed by atoms with van der Waals surface area (Å²) < 4.78 is 7.17. The molecule has 9 heteroatoms. The number of nitrogens with zero attached hydrogens (tertiary/aromatic N) is 4. The van der Waals surface area contributed by atoms with E-state index in [1.807, 2.05) is 50.2 Å². The minimum Gasteiger partial charge on any atom is -0.494 e. The molecule has 1 atom stereocenters. The summed E-state index contributed by atoms with van der Waals surface area (Å²) in [7, 11) is 0. The Morgan fingerprint density at radius 2 is 1.74 bits per heavy atom. The molecule has 4 aromatic rings. The first-order chi connectivity index (χ1) is 20.3. The first-order valence-electron chi connectivity index (χ1n) is 14.3. The molecule has 42 heavy (non-hydrogen) atoms. The lowest BCUT2D eigenvalue weighted by molar-refractivity contribution is -0.384. The fraction of sp³-hybridized carbons (Fsp3) is 0.303. The van der Waals surface area contributed by atoms with Gasteiger partial charge in [-0.2, -0.15) is 0 Å². The number of benzene rings is 3. The molecule has 0 radical (unpaired) electrons. The number of carbonyl (C=O) groups excluding carboxylic acids is 1. The number of carbonyl (C=O) groups is 1.